The van der Waals surface area contributed by atoms with Crippen LogP contribution >= 0.6 is 23.3 Å². The van der Waals surface area contributed by atoms with Gasteiger partial charge in [0.15, 0.2) is 0 Å². The molecule has 0 spiro atoms. The summed E-state index contributed by atoms with van der Waals surface area (Å²) in [6.45, 7) is 19.8. The number of rotatable bonds is 9. The van der Waals surface area contributed by atoms with Crippen LogP contribution in [0.2, 0.25) is 0 Å². The van der Waals surface area contributed by atoms with Crippen molar-refractivity contribution in [1.29, 1.82) is 5.26 Å². The van der Waals surface area contributed by atoms with E-state index in [-0.39, 0.29) is 0 Å². The first-order chi connectivity index (χ1) is 16.2. The van der Waals surface area contributed by atoms with Crippen molar-refractivity contribution in [3.8, 4) is 6.07 Å². The number of nitrogens with zero attached hydrogens (tertiary/aromatic N) is 4. The largest absolute Gasteiger partial charge is 0.353 e. The van der Waals surface area contributed by atoms with Crippen molar-refractivity contribution in [2.24, 2.45) is 4.99 Å². The maximum atomic E-state index is 9.52. The topological polar surface area (TPSA) is 54.7 Å². The Kier molecular flexibility index (Phi) is 14.3. The Bertz CT molecular complexity index is 894. The van der Waals surface area contributed by atoms with Crippen molar-refractivity contribution >= 4 is 47.1 Å². The third-order valence-corrected chi connectivity index (χ3v) is 6.54. The van der Waals surface area contributed by atoms with Gasteiger partial charge in [0.2, 0.25) is 0 Å². The molecule has 2 aromatic rings. The molecule has 33 heavy (non-hydrogen) atoms. The fourth-order valence-corrected chi connectivity index (χ4v) is 4.99. The van der Waals surface area contributed by atoms with Crippen molar-refractivity contribution < 1.29 is 0 Å². The van der Waals surface area contributed by atoms with Crippen LogP contribution < -0.4 is 4.72 Å². The van der Waals surface area contributed by atoms with Gasteiger partial charge in [0.05, 0.1) is 34.6 Å². The normalized spacial score (nSPS) is 12.8. The van der Waals surface area contributed by atoms with E-state index >= 15 is 0 Å². The summed E-state index contributed by atoms with van der Waals surface area (Å²) in [7, 11) is 0. The fraction of sp³-hybridized carbons (Fsp3) is 0.462. The number of hydrogen-bond donors (Lipinski definition) is 1. The van der Waals surface area contributed by atoms with Gasteiger partial charge in [0.25, 0.3) is 0 Å². The van der Waals surface area contributed by atoms with Crippen molar-refractivity contribution in [3.63, 3.8) is 0 Å². The van der Waals surface area contributed by atoms with Crippen LogP contribution in [0, 0.1) is 11.3 Å². The Balaban J connectivity index is 0.00000129. The predicted molar refractivity (Wildman–Crippen MR) is 149 cm³/mol. The summed E-state index contributed by atoms with van der Waals surface area (Å²) in [5, 5.41) is 11.6. The Morgan fingerprint density at radius 2 is 1.88 bits per heavy atom. The molecular weight excluding hydrogens is 446 g/mol. The summed E-state index contributed by atoms with van der Waals surface area (Å²) < 4.78 is 3.27. The lowest BCUT2D eigenvalue weighted by Crippen LogP contribution is -2.39. The Hall–Kier alpha value is -2.27. The summed E-state index contributed by atoms with van der Waals surface area (Å²) in [4.78, 5) is 10.0. The molecule has 1 aromatic carbocycles. The molecule has 0 aliphatic carbocycles. The fourth-order valence-electron chi connectivity index (χ4n) is 3.59. The van der Waals surface area contributed by atoms with E-state index in [1.165, 1.54) is 31.2 Å². The highest BCUT2D eigenvalue weighted by atomic mass is 32.2. The number of thiophene rings is 1. The van der Waals surface area contributed by atoms with Gasteiger partial charge in [-0.3, -0.25) is 9.89 Å². The maximum Gasteiger partial charge on any atom is 0.106 e. The SMILES string of the molecule is C=Nc1c(NSC)csc1C(=C)N(Cc1ccccc1C#N)CN1CCCCC1.CC.CC. The van der Waals surface area contributed by atoms with E-state index in [4.69, 9.17) is 0 Å². The van der Waals surface area contributed by atoms with Crippen LogP contribution in [0.3, 0.4) is 0 Å². The molecule has 5 nitrogen and oxygen atoms in total. The minimum atomic E-state index is 0.638. The van der Waals surface area contributed by atoms with E-state index < -0.39 is 0 Å². The van der Waals surface area contributed by atoms with Crippen LogP contribution in [0.1, 0.15) is 63.0 Å². The zero-order valence-corrected chi connectivity index (χ0v) is 22.5. The van der Waals surface area contributed by atoms with Gasteiger partial charge in [0.1, 0.15) is 5.69 Å². The molecule has 3 rings (SSSR count). The number of nitrogens with one attached hydrogen (secondary N) is 1. The van der Waals surface area contributed by atoms with Gasteiger partial charge in [-0.25, -0.2) is 0 Å². The van der Waals surface area contributed by atoms with E-state index in [0.29, 0.717) is 12.1 Å². The standard InChI is InChI=1S/C22H27N5S2.2C2H6/c1-17(22-21(24-2)20(15-29-22)25-28-3)27(16-26-11-7-4-8-12-26)14-19-10-6-5-9-18(19)13-23;2*1-2/h5-6,9-10,15,25H,1-2,4,7-8,11-12,14,16H2,3H3;2*1-2H3. The van der Waals surface area contributed by atoms with E-state index in [1.54, 1.807) is 11.3 Å². The zero-order chi connectivity index (χ0) is 24.6. The molecule has 0 radical (unpaired) electrons. The average molecular weight is 486 g/mol. The highest BCUT2D eigenvalue weighted by Gasteiger charge is 2.22. The maximum absolute atomic E-state index is 9.52. The molecule has 1 aromatic heterocycles. The lowest BCUT2D eigenvalue weighted by molar-refractivity contribution is 0.149. The van der Waals surface area contributed by atoms with E-state index in [0.717, 1.165) is 47.3 Å². The van der Waals surface area contributed by atoms with Crippen LogP contribution in [-0.2, 0) is 6.54 Å². The number of likely N-dealkylation sites (tertiary alicyclic amines) is 1. The van der Waals surface area contributed by atoms with Gasteiger partial charge in [0, 0.05) is 18.2 Å². The lowest BCUT2D eigenvalue weighted by atomic mass is 10.1. The van der Waals surface area contributed by atoms with Crippen molar-refractivity contribution in [1.82, 2.24) is 9.80 Å². The minimum Gasteiger partial charge on any atom is -0.353 e. The van der Waals surface area contributed by atoms with Gasteiger partial charge in [-0.2, -0.15) is 5.26 Å². The van der Waals surface area contributed by atoms with Gasteiger partial charge in [-0.1, -0.05) is 70.8 Å². The molecule has 0 amide bonds. The van der Waals surface area contributed by atoms with E-state index in [2.05, 4.69) is 44.3 Å². The zero-order valence-electron chi connectivity index (χ0n) is 20.9. The second-order valence-electron chi connectivity index (χ2n) is 7.03. The smallest absolute Gasteiger partial charge is 0.106 e. The van der Waals surface area contributed by atoms with Gasteiger partial charge in [-0.05, 0) is 44.3 Å². The number of nitriles is 1. The van der Waals surface area contributed by atoms with Crippen LogP contribution in [-0.4, -0.2) is 42.5 Å². The lowest BCUT2D eigenvalue weighted by Gasteiger charge is -2.35. The Morgan fingerprint density at radius 1 is 1.21 bits per heavy atom. The molecule has 180 valence electrons. The number of benzene rings is 1. The van der Waals surface area contributed by atoms with Gasteiger partial charge < -0.3 is 9.62 Å². The highest BCUT2D eigenvalue weighted by molar-refractivity contribution is 7.99. The summed E-state index contributed by atoms with van der Waals surface area (Å²) in [6, 6.07) is 10.1. The molecule has 0 unspecified atom stereocenters. The van der Waals surface area contributed by atoms with Gasteiger partial charge in [-0.15, -0.1) is 11.3 Å². The number of hydrogen-bond acceptors (Lipinski definition) is 7. The molecule has 2 heterocycles. The molecule has 1 aliphatic heterocycles. The minimum absolute atomic E-state index is 0.638. The van der Waals surface area contributed by atoms with E-state index in [1.807, 2.05) is 58.2 Å². The first-order valence-electron chi connectivity index (χ1n) is 11.7. The second-order valence-corrected chi connectivity index (χ2v) is 8.52. The Labute approximate surface area is 209 Å². The molecule has 1 aliphatic rings. The van der Waals surface area contributed by atoms with Crippen LogP contribution in [0.5, 0.6) is 0 Å². The third kappa shape index (κ3) is 8.22. The first-order valence-corrected chi connectivity index (χ1v) is 13.8. The third-order valence-electron chi connectivity index (χ3n) is 5.10. The van der Waals surface area contributed by atoms with Crippen molar-refractivity contribution in [2.45, 2.75) is 53.5 Å². The summed E-state index contributed by atoms with van der Waals surface area (Å²) >= 11 is 3.16. The molecular formula is C26H39N5S2. The van der Waals surface area contributed by atoms with Crippen LogP contribution in [0.4, 0.5) is 11.4 Å². The summed E-state index contributed by atoms with van der Waals surface area (Å²) in [5.41, 5.74) is 4.45. The van der Waals surface area contributed by atoms with Gasteiger partial charge >= 0.3 is 0 Å². The van der Waals surface area contributed by atoms with Crippen molar-refractivity contribution in [3.05, 3.63) is 52.2 Å². The Morgan fingerprint density at radius 3 is 2.48 bits per heavy atom. The number of anilines is 1. The molecule has 1 fully saturated rings. The summed E-state index contributed by atoms with van der Waals surface area (Å²) in [5.74, 6) is 0. The molecule has 0 saturated carbocycles. The number of piperidine rings is 1. The average Bonchev–Trinajstić information content (AvgIpc) is 3.29. The molecule has 7 heteroatoms. The van der Waals surface area contributed by atoms with Crippen molar-refractivity contribution in [2.75, 3.05) is 30.7 Å². The highest BCUT2D eigenvalue weighted by Crippen LogP contribution is 2.41. The molecule has 0 atom stereocenters. The second kappa shape index (κ2) is 16.4. The van der Waals surface area contributed by atoms with Crippen LogP contribution in [0.25, 0.3) is 5.70 Å². The predicted octanol–water partition coefficient (Wildman–Crippen LogP) is 7.61. The molecule has 0 bridgehead atoms. The summed E-state index contributed by atoms with van der Waals surface area (Å²) in [6.07, 6.45) is 5.75. The first kappa shape index (κ1) is 28.8. The number of aliphatic imine (C=N–C) groups is 1. The molecule has 1 N–H and O–H groups in total. The monoisotopic (exact) mass is 485 g/mol. The van der Waals surface area contributed by atoms with Crippen LogP contribution in [0.15, 0.2) is 41.2 Å². The molecule has 1 saturated heterocycles. The van der Waals surface area contributed by atoms with E-state index in [9.17, 15) is 5.26 Å². The quantitative estimate of drug-likeness (QED) is 0.292.